The summed E-state index contributed by atoms with van der Waals surface area (Å²) in [6.45, 7) is 0.503. The van der Waals surface area contributed by atoms with Crippen molar-refractivity contribution in [2.45, 2.75) is 25.5 Å². The van der Waals surface area contributed by atoms with E-state index in [4.69, 9.17) is 4.74 Å². The first-order valence-electron chi connectivity index (χ1n) is 8.64. The Morgan fingerprint density at radius 1 is 1.11 bits per heavy atom. The van der Waals surface area contributed by atoms with Gasteiger partial charge in [0, 0.05) is 24.4 Å². The Bertz CT molecular complexity index is 795. The minimum absolute atomic E-state index is 0.00490. The predicted molar refractivity (Wildman–Crippen MR) is 102 cm³/mol. The number of nitro groups is 1. The van der Waals surface area contributed by atoms with Crippen molar-refractivity contribution in [1.82, 2.24) is 5.32 Å². The number of nitrogens with zero attached hydrogens (tertiary/aromatic N) is 1. The summed E-state index contributed by atoms with van der Waals surface area (Å²) in [5.41, 5.74) is 1.49. The summed E-state index contributed by atoms with van der Waals surface area (Å²) < 4.78 is 5.03. The number of ether oxygens (including phenoxy) is 1. The first-order valence-corrected chi connectivity index (χ1v) is 8.64. The van der Waals surface area contributed by atoms with Gasteiger partial charge in [0.05, 0.1) is 4.92 Å². The molecule has 28 heavy (non-hydrogen) atoms. The van der Waals surface area contributed by atoms with Crippen LogP contribution in [0.25, 0.3) is 0 Å². The number of aliphatic carboxylic acids is 1. The van der Waals surface area contributed by atoms with Crippen LogP contribution in [0.2, 0.25) is 0 Å². The lowest BCUT2D eigenvalue weighted by atomic mass is 10.1. The number of alkyl carbamates (subject to hydrolysis) is 1. The molecule has 0 aromatic heterocycles. The van der Waals surface area contributed by atoms with Crippen molar-refractivity contribution < 1.29 is 24.4 Å². The molecule has 0 heterocycles. The maximum Gasteiger partial charge on any atom is 0.408 e. The van der Waals surface area contributed by atoms with Gasteiger partial charge < -0.3 is 20.5 Å². The number of carbonyl (C=O) groups excluding carboxylic acids is 1. The molecule has 9 nitrogen and oxygen atoms in total. The molecule has 148 valence electrons. The second kappa shape index (κ2) is 10.5. The molecule has 1 amide bonds. The van der Waals surface area contributed by atoms with Crippen LogP contribution in [0, 0.1) is 10.1 Å². The van der Waals surface area contributed by atoms with E-state index >= 15 is 0 Å². The van der Waals surface area contributed by atoms with Crippen LogP contribution in [-0.2, 0) is 16.1 Å². The monoisotopic (exact) mass is 387 g/mol. The van der Waals surface area contributed by atoms with E-state index in [1.165, 1.54) is 12.1 Å². The quantitative estimate of drug-likeness (QED) is 0.324. The molecule has 0 radical (unpaired) electrons. The van der Waals surface area contributed by atoms with Gasteiger partial charge in [0.2, 0.25) is 0 Å². The number of non-ortho nitro benzene ring substituents is 1. The molecule has 0 unspecified atom stereocenters. The summed E-state index contributed by atoms with van der Waals surface area (Å²) in [6.07, 6.45) is -0.123. The molecule has 0 bridgehead atoms. The first-order chi connectivity index (χ1) is 13.5. The molecule has 3 N–H and O–H groups in total. The number of carbonyl (C=O) groups is 2. The number of rotatable bonds is 10. The van der Waals surface area contributed by atoms with Crippen LogP contribution >= 0.6 is 0 Å². The smallest absolute Gasteiger partial charge is 0.408 e. The SMILES string of the molecule is O=C(N[C@@H](CCCNc1ccc([N+](=O)[O-])cc1)C(=O)O)OCc1ccccc1. The third-order valence-electron chi connectivity index (χ3n) is 3.88. The predicted octanol–water partition coefficient (Wildman–Crippen LogP) is 3.17. The van der Waals surface area contributed by atoms with Gasteiger partial charge in [-0.3, -0.25) is 10.1 Å². The molecule has 9 heteroatoms. The molecule has 0 fully saturated rings. The highest BCUT2D eigenvalue weighted by molar-refractivity contribution is 5.79. The van der Waals surface area contributed by atoms with Crippen LogP contribution in [0.1, 0.15) is 18.4 Å². The maximum absolute atomic E-state index is 11.8. The normalized spacial score (nSPS) is 11.3. The van der Waals surface area contributed by atoms with Crippen LogP contribution < -0.4 is 10.6 Å². The van der Waals surface area contributed by atoms with E-state index in [1.54, 1.807) is 24.3 Å². The highest BCUT2D eigenvalue weighted by Gasteiger charge is 2.20. The largest absolute Gasteiger partial charge is 0.480 e. The molecule has 0 spiro atoms. The molecule has 0 aliphatic rings. The van der Waals surface area contributed by atoms with E-state index in [2.05, 4.69) is 10.6 Å². The highest BCUT2D eigenvalue weighted by Crippen LogP contribution is 2.15. The van der Waals surface area contributed by atoms with Gasteiger partial charge in [0.15, 0.2) is 0 Å². The fourth-order valence-electron chi connectivity index (χ4n) is 2.40. The Hall–Kier alpha value is -3.62. The van der Waals surface area contributed by atoms with Gasteiger partial charge in [-0.2, -0.15) is 0 Å². The zero-order chi connectivity index (χ0) is 20.4. The van der Waals surface area contributed by atoms with Crippen molar-refractivity contribution >= 4 is 23.4 Å². The number of hydrogen-bond acceptors (Lipinski definition) is 6. The van der Waals surface area contributed by atoms with Gasteiger partial charge in [-0.05, 0) is 30.5 Å². The van der Waals surface area contributed by atoms with Crippen molar-refractivity contribution in [1.29, 1.82) is 0 Å². The molecule has 0 saturated carbocycles. The van der Waals surface area contributed by atoms with E-state index in [-0.39, 0.29) is 18.7 Å². The van der Waals surface area contributed by atoms with Crippen LogP contribution in [0.15, 0.2) is 54.6 Å². The third-order valence-corrected chi connectivity index (χ3v) is 3.88. The summed E-state index contributed by atoms with van der Waals surface area (Å²) in [5, 5.41) is 25.3. The van der Waals surface area contributed by atoms with Crippen molar-refractivity contribution in [3.8, 4) is 0 Å². The molecular weight excluding hydrogens is 366 g/mol. The number of carboxylic acid groups (broad SMARTS) is 1. The van der Waals surface area contributed by atoms with E-state index in [0.29, 0.717) is 18.7 Å². The average molecular weight is 387 g/mol. The lowest BCUT2D eigenvalue weighted by Crippen LogP contribution is -2.41. The van der Waals surface area contributed by atoms with E-state index in [0.717, 1.165) is 5.56 Å². The zero-order valence-electron chi connectivity index (χ0n) is 15.0. The number of nitrogens with one attached hydrogen (secondary N) is 2. The maximum atomic E-state index is 11.8. The molecular formula is C19H21N3O6. The van der Waals surface area contributed by atoms with Crippen molar-refractivity contribution in [2.75, 3.05) is 11.9 Å². The van der Waals surface area contributed by atoms with Crippen LogP contribution in [0.3, 0.4) is 0 Å². The summed E-state index contributed by atoms with van der Waals surface area (Å²) in [7, 11) is 0. The molecule has 0 saturated heterocycles. The zero-order valence-corrected chi connectivity index (χ0v) is 15.0. The molecule has 1 atom stereocenters. The van der Waals surface area contributed by atoms with Gasteiger partial charge in [-0.15, -0.1) is 0 Å². The molecule has 2 aromatic carbocycles. The number of hydrogen-bond donors (Lipinski definition) is 3. The molecule has 2 rings (SSSR count). The van der Waals surface area contributed by atoms with E-state index < -0.39 is 23.0 Å². The molecule has 0 aliphatic carbocycles. The van der Waals surface area contributed by atoms with Gasteiger partial charge in [-0.25, -0.2) is 9.59 Å². The lowest BCUT2D eigenvalue weighted by Gasteiger charge is -2.15. The Morgan fingerprint density at radius 3 is 2.39 bits per heavy atom. The van der Waals surface area contributed by atoms with Crippen LogP contribution in [0.5, 0.6) is 0 Å². The summed E-state index contributed by atoms with van der Waals surface area (Å²) in [5.74, 6) is -1.15. The third kappa shape index (κ3) is 6.94. The first kappa shape index (κ1) is 20.7. The van der Waals surface area contributed by atoms with Gasteiger partial charge in [0.25, 0.3) is 5.69 Å². The van der Waals surface area contributed by atoms with Gasteiger partial charge >= 0.3 is 12.1 Å². The second-order valence-corrected chi connectivity index (χ2v) is 5.97. The number of anilines is 1. The fraction of sp³-hybridized carbons (Fsp3) is 0.263. The van der Waals surface area contributed by atoms with Crippen LogP contribution in [-0.4, -0.2) is 34.7 Å². The Labute approximate surface area is 161 Å². The van der Waals surface area contributed by atoms with Gasteiger partial charge in [-0.1, -0.05) is 30.3 Å². The number of amides is 1. The fourth-order valence-corrected chi connectivity index (χ4v) is 2.40. The number of nitro benzene ring substituents is 1. The van der Waals surface area contributed by atoms with Crippen molar-refractivity contribution in [3.63, 3.8) is 0 Å². The number of carboxylic acids is 1. The molecule has 0 aliphatic heterocycles. The Balaban J connectivity index is 1.72. The molecule has 2 aromatic rings. The summed E-state index contributed by atoms with van der Waals surface area (Å²) in [4.78, 5) is 33.3. The standard InChI is InChI=1S/C19H21N3O6/c23-18(24)17(21-19(25)28-13-14-5-2-1-3-6-14)7-4-12-20-15-8-10-16(11-9-15)22(26)27/h1-3,5-6,8-11,17,20H,4,7,12-13H2,(H,21,25)(H,23,24)/t17-/m0/s1. The topological polar surface area (TPSA) is 131 Å². The van der Waals surface area contributed by atoms with E-state index in [1.807, 2.05) is 18.2 Å². The highest BCUT2D eigenvalue weighted by atomic mass is 16.6. The average Bonchev–Trinajstić information content (AvgIpc) is 2.69. The van der Waals surface area contributed by atoms with E-state index in [9.17, 15) is 24.8 Å². The summed E-state index contributed by atoms with van der Waals surface area (Å²) >= 11 is 0. The Morgan fingerprint density at radius 2 is 1.79 bits per heavy atom. The van der Waals surface area contributed by atoms with Crippen molar-refractivity contribution in [2.24, 2.45) is 0 Å². The lowest BCUT2D eigenvalue weighted by molar-refractivity contribution is -0.384. The second-order valence-electron chi connectivity index (χ2n) is 5.97. The summed E-state index contributed by atoms with van der Waals surface area (Å²) in [6, 6.07) is 13.9. The van der Waals surface area contributed by atoms with Crippen molar-refractivity contribution in [3.05, 3.63) is 70.3 Å². The minimum Gasteiger partial charge on any atom is -0.480 e. The van der Waals surface area contributed by atoms with Gasteiger partial charge in [0.1, 0.15) is 12.6 Å². The minimum atomic E-state index is -1.15. The number of benzene rings is 2. The Kier molecular flexibility index (Phi) is 7.77. The van der Waals surface area contributed by atoms with Crippen LogP contribution in [0.4, 0.5) is 16.2 Å².